The summed E-state index contributed by atoms with van der Waals surface area (Å²) in [6.45, 7) is 2.11. The van der Waals surface area contributed by atoms with Crippen LogP contribution in [0.15, 0.2) is 18.5 Å². The number of hydrogen-bond acceptors (Lipinski definition) is 3. The Morgan fingerprint density at radius 1 is 1.21 bits per heavy atom. The first kappa shape index (κ1) is 7.85. The number of aromatic nitrogens is 3. The third-order valence-electron chi connectivity index (χ3n) is 2.65. The molecule has 3 nitrogen and oxygen atoms in total. The standard InChI is InChI=1S/C11H11N3/c1-7-6-9-11(13-5-4-12-9)14-10(7)8-2-3-8/h4-6,8H,2-3H2,1H3. The SMILES string of the molecule is Cc1cc2nccnc2nc1C1CC1. The second kappa shape index (κ2) is 2.74. The molecule has 0 radical (unpaired) electrons. The lowest BCUT2D eigenvalue weighted by molar-refractivity contribution is 1.00. The monoisotopic (exact) mass is 185 g/mol. The topological polar surface area (TPSA) is 38.7 Å². The van der Waals surface area contributed by atoms with Crippen LogP contribution in [0.1, 0.15) is 30.0 Å². The van der Waals surface area contributed by atoms with E-state index in [0.717, 1.165) is 11.2 Å². The minimum absolute atomic E-state index is 0.682. The largest absolute Gasteiger partial charge is 0.251 e. The highest BCUT2D eigenvalue weighted by atomic mass is 14.9. The molecule has 0 bridgehead atoms. The molecule has 0 saturated heterocycles. The zero-order valence-electron chi connectivity index (χ0n) is 8.07. The first-order chi connectivity index (χ1) is 6.84. The average Bonchev–Trinajstić information content (AvgIpc) is 3.00. The van der Waals surface area contributed by atoms with E-state index in [4.69, 9.17) is 0 Å². The van der Waals surface area contributed by atoms with Crippen molar-refractivity contribution < 1.29 is 0 Å². The van der Waals surface area contributed by atoms with Gasteiger partial charge in [-0.1, -0.05) is 0 Å². The lowest BCUT2D eigenvalue weighted by Crippen LogP contribution is -1.95. The van der Waals surface area contributed by atoms with E-state index in [-0.39, 0.29) is 0 Å². The van der Waals surface area contributed by atoms with Crippen LogP contribution in [0, 0.1) is 6.92 Å². The van der Waals surface area contributed by atoms with E-state index in [9.17, 15) is 0 Å². The molecule has 0 spiro atoms. The minimum Gasteiger partial charge on any atom is -0.251 e. The molecule has 3 heteroatoms. The summed E-state index contributed by atoms with van der Waals surface area (Å²) in [6.07, 6.45) is 5.96. The fourth-order valence-electron chi connectivity index (χ4n) is 1.78. The predicted molar refractivity (Wildman–Crippen MR) is 54.0 cm³/mol. The molecule has 0 atom stereocenters. The summed E-state index contributed by atoms with van der Waals surface area (Å²) in [7, 11) is 0. The Hall–Kier alpha value is -1.51. The molecule has 1 fully saturated rings. The van der Waals surface area contributed by atoms with Crippen molar-refractivity contribution in [1.82, 2.24) is 15.0 Å². The van der Waals surface area contributed by atoms with E-state index < -0.39 is 0 Å². The van der Waals surface area contributed by atoms with Crippen molar-refractivity contribution in [2.45, 2.75) is 25.7 Å². The molecule has 2 heterocycles. The highest BCUT2D eigenvalue weighted by Crippen LogP contribution is 2.40. The normalized spacial score (nSPS) is 16.1. The summed E-state index contributed by atoms with van der Waals surface area (Å²) in [5.74, 6) is 0.682. The third-order valence-corrected chi connectivity index (χ3v) is 2.65. The van der Waals surface area contributed by atoms with Crippen LogP contribution >= 0.6 is 0 Å². The molecular formula is C11H11N3. The quantitative estimate of drug-likeness (QED) is 0.683. The van der Waals surface area contributed by atoms with Crippen molar-refractivity contribution in [2.24, 2.45) is 0 Å². The molecule has 0 unspecified atom stereocenters. The maximum atomic E-state index is 4.56. The van der Waals surface area contributed by atoms with Gasteiger partial charge in [-0.15, -0.1) is 0 Å². The van der Waals surface area contributed by atoms with Crippen molar-refractivity contribution in [1.29, 1.82) is 0 Å². The van der Waals surface area contributed by atoms with Gasteiger partial charge < -0.3 is 0 Å². The van der Waals surface area contributed by atoms with E-state index in [0.29, 0.717) is 5.92 Å². The van der Waals surface area contributed by atoms with Gasteiger partial charge in [0.15, 0.2) is 5.65 Å². The van der Waals surface area contributed by atoms with Crippen LogP contribution in [-0.2, 0) is 0 Å². The Labute approximate surface area is 82.2 Å². The summed E-state index contributed by atoms with van der Waals surface area (Å²) in [6, 6.07) is 2.09. The Bertz CT molecular complexity index is 489. The van der Waals surface area contributed by atoms with E-state index in [1.54, 1.807) is 12.4 Å². The second-order valence-corrected chi connectivity index (χ2v) is 3.86. The van der Waals surface area contributed by atoms with Crippen LogP contribution in [0.5, 0.6) is 0 Å². The first-order valence-electron chi connectivity index (χ1n) is 4.93. The van der Waals surface area contributed by atoms with Gasteiger partial charge in [-0.25, -0.2) is 9.97 Å². The van der Waals surface area contributed by atoms with Gasteiger partial charge >= 0.3 is 0 Å². The van der Waals surface area contributed by atoms with Crippen LogP contribution in [0.2, 0.25) is 0 Å². The van der Waals surface area contributed by atoms with Gasteiger partial charge in [0.25, 0.3) is 0 Å². The van der Waals surface area contributed by atoms with Crippen molar-refractivity contribution in [2.75, 3.05) is 0 Å². The van der Waals surface area contributed by atoms with Gasteiger partial charge in [0.2, 0.25) is 0 Å². The summed E-state index contributed by atoms with van der Waals surface area (Å²) in [4.78, 5) is 13.0. The van der Waals surface area contributed by atoms with Crippen LogP contribution in [0.4, 0.5) is 0 Å². The number of nitrogens with zero attached hydrogens (tertiary/aromatic N) is 3. The highest BCUT2D eigenvalue weighted by molar-refractivity contribution is 5.70. The Morgan fingerprint density at radius 3 is 2.79 bits per heavy atom. The van der Waals surface area contributed by atoms with Gasteiger partial charge in [-0.2, -0.15) is 0 Å². The summed E-state index contributed by atoms with van der Waals surface area (Å²) in [5, 5.41) is 0. The Kier molecular flexibility index (Phi) is 1.54. The number of rotatable bonds is 1. The fourth-order valence-corrected chi connectivity index (χ4v) is 1.78. The van der Waals surface area contributed by atoms with E-state index >= 15 is 0 Å². The number of hydrogen-bond donors (Lipinski definition) is 0. The summed E-state index contributed by atoms with van der Waals surface area (Å²) >= 11 is 0. The van der Waals surface area contributed by atoms with Gasteiger partial charge in [0.1, 0.15) is 5.52 Å². The van der Waals surface area contributed by atoms with Gasteiger partial charge in [0.05, 0.1) is 0 Å². The molecule has 2 aromatic heterocycles. The number of fused-ring (bicyclic) bond motifs is 1. The van der Waals surface area contributed by atoms with Gasteiger partial charge in [0, 0.05) is 24.0 Å². The smallest absolute Gasteiger partial charge is 0.178 e. The van der Waals surface area contributed by atoms with E-state index in [1.165, 1.54) is 24.1 Å². The molecule has 0 N–H and O–H groups in total. The second-order valence-electron chi connectivity index (χ2n) is 3.86. The third kappa shape index (κ3) is 1.16. The number of pyridine rings is 1. The van der Waals surface area contributed by atoms with Crippen molar-refractivity contribution in [3.8, 4) is 0 Å². The maximum absolute atomic E-state index is 4.56. The van der Waals surface area contributed by atoms with Crippen LogP contribution in [-0.4, -0.2) is 15.0 Å². The van der Waals surface area contributed by atoms with Gasteiger partial charge in [-0.3, -0.25) is 4.98 Å². The molecule has 0 amide bonds. The zero-order chi connectivity index (χ0) is 9.54. The van der Waals surface area contributed by atoms with Crippen LogP contribution in [0.25, 0.3) is 11.2 Å². The summed E-state index contributed by atoms with van der Waals surface area (Å²) in [5.41, 5.74) is 4.15. The molecule has 0 aromatic carbocycles. The van der Waals surface area contributed by atoms with Gasteiger partial charge in [-0.05, 0) is 31.4 Å². The fraction of sp³-hybridized carbons (Fsp3) is 0.364. The minimum atomic E-state index is 0.682. The van der Waals surface area contributed by atoms with Crippen LogP contribution < -0.4 is 0 Å². The first-order valence-corrected chi connectivity index (χ1v) is 4.93. The average molecular weight is 185 g/mol. The molecule has 2 aromatic rings. The molecule has 1 aliphatic rings. The predicted octanol–water partition coefficient (Wildman–Crippen LogP) is 2.21. The lowest BCUT2D eigenvalue weighted by atomic mass is 10.1. The molecule has 0 aliphatic heterocycles. The molecule has 1 aliphatic carbocycles. The molecule has 14 heavy (non-hydrogen) atoms. The lowest BCUT2D eigenvalue weighted by Gasteiger charge is -2.03. The zero-order valence-corrected chi connectivity index (χ0v) is 8.07. The van der Waals surface area contributed by atoms with Crippen molar-refractivity contribution in [3.63, 3.8) is 0 Å². The maximum Gasteiger partial charge on any atom is 0.178 e. The van der Waals surface area contributed by atoms with Crippen molar-refractivity contribution >= 4 is 11.2 Å². The molecular weight excluding hydrogens is 174 g/mol. The number of aryl methyl sites for hydroxylation is 1. The summed E-state index contributed by atoms with van der Waals surface area (Å²) < 4.78 is 0. The Morgan fingerprint density at radius 2 is 2.00 bits per heavy atom. The van der Waals surface area contributed by atoms with Crippen LogP contribution in [0.3, 0.4) is 0 Å². The molecule has 1 saturated carbocycles. The highest BCUT2D eigenvalue weighted by Gasteiger charge is 2.26. The molecule has 70 valence electrons. The van der Waals surface area contributed by atoms with E-state index in [1.807, 2.05) is 0 Å². The van der Waals surface area contributed by atoms with E-state index in [2.05, 4.69) is 27.9 Å². The Balaban J connectivity index is 2.26. The molecule has 3 rings (SSSR count). The van der Waals surface area contributed by atoms with Crippen molar-refractivity contribution in [3.05, 3.63) is 29.7 Å².